The zero-order chi connectivity index (χ0) is 12.8. The number of nitrogens with one attached hydrogen (secondary N) is 1. The molecule has 1 aromatic carbocycles. The number of amides is 1. The number of hydrogen-bond acceptors (Lipinski definition) is 4. The molecule has 0 bridgehead atoms. The van der Waals surface area contributed by atoms with Gasteiger partial charge in [-0.25, -0.2) is 4.79 Å². The van der Waals surface area contributed by atoms with Gasteiger partial charge in [-0.05, 0) is 29.8 Å². The van der Waals surface area contributed by atoms with Gasteiger partial charge in [0.2, 0.25) is 0 Å². The molecular formula is C13H14N2O3. The lowest BCUT2D eigenvalue weighted by Crippen LogP contribution is -2.13. The van der Waals surface area contributed by atoms with Gasteiger partial charge in [0.25, 0.3) is 0 Å². The second-order valence-corrected chi connectivity index (χ2v) is 3.68. The van der Waals surface area contributed by atoms with Crippen molar-refractivity contribution in [3.05, 3.63) is 54.0 Å². The highest BCUT2D eigenvalue weighted by molar-refractivity contribution is 5.84. The highest BCUT2D eigenvalue weighted by atomic mass is 16.6. The van der Waals surface area contributed by atoms with E-state index in [1.54, 1.807) is 24.3 Å². The fourth-order valence-corrected chi connectivity index (χ4v) is 1.41. The molecule has 2 rings (SSSR count). The summed E-state index contributed by atoms with van der Waals surface area (Å²) in [4.78, 5) is 11.5. The molecule has 0 atom stereocenters. The summed E-state index contributed by atoms with van der Waals surface area (Å²) in [6.07, 6.45) is 1.01. The van der Waals surface area contributed by atoms with Crippen LogP contribution in [0.15, 0.2) is 47.1 Å². The van der Waals surface area contributed by atoms with Crippen LogP contribution >= 0.6 is 0 Å². The highest BCUT2D eigenvalue weighted by Crippen LogP contribution is 2.10. The van der Waals surface area contributed by atoms with Gasteiger partial charge in [-0.3, -0.25) is 5.32 Å². The SMILES string of the molecule is NCc1ccc(NC(=O)OCc2ccco2)cc1. The molecule has 3 N–H and O–H groups in total. The average Bonchev–Trinajstić information content (AvgIpc) is 2.90. The summed E-state index contributed by atoms with van der Waals surface area (Å²) in [6.45, 7) is 0.586. The first kappa shape index (κ1) is 12.2. The van der Waals surface area contributed by atoms with Crippen LogP contribution in [0.4, 0.5) is 10.5 Å². The Morgan fingerprint density at radius 2 is 2.06 bits per heavy atom. The summed E-state index contributed by atoms with van der Waals surface area (Å²) in [7, 11) is 0. The van der Waals surface area contributed by atoms with Crippen molar-refractivity contribution in [3.63, 3.8) is 0 Å². The molecule has 18 heavy (non-hydrogen) atoms. The Hall–Kier alpha value is -2.27. The monoisotopic (exact) mass is 246 g/mol. The van der Waals surface area contributed by atoms with Crippen LogP contribution in [0.5, 0.6) is 0 Å². The van der Waals surface area contributed by atoms with Gasteiger partial charge in [-0.2, -0.15) is 0 Å². The molecule has 0 saturated heterocycles. The van der Waals surface area contributed by atoms with E-state index in [2.05, 4.69) is 5.32 Å². The molecule has 5 heteroatoms. The van der Waals surface area contributed by atoms with Crippen LogP contribution < -0.4 is 11.1 Å². The maximum Gasteiger partial charge on any atom is 0.412 e. The molecular weight excluding hydrogens is 232 g/mol. The third kappa shape index (κ3) is 3.36. The third-order valence-corrected chi connectivity index (χ3v) is 2.36. The quantitative estimate of drug-likeness (QED) is 0.868. The van der Waals surface area contributed by atoms with E-state index in [-0.39, 0.29) is 6.61 Å². The van der Waals surface area contributed by atoms with Gasteiger partial charge in [-0.1, -0.05) is 12.1 Å². The fraction of sp³-hybridized carbons (Fsp3) is 0.154. The molecule has 0 fully saturated rings. The van der Waals surface area contributed by atoms with Crippen molar-refractivity contribution in [1.29, 1.82) is 0 Å². The van der Waals surface area contributed by atoms with Crippen LogP contribution in [0.2, 0.25) is 0 Å². The average molecular weight is 246 g/mol. The van der Waals surface area contributed by atoms with E-state index in [0.717, 1.165) is 5.56 Å². The molecule has 1 aromatic heterocycles. The standard InChI is InChI=1S/C13H14N2O3/c14-8-10-3-5-11(6-4-10)15-13(16)18-9-12-2-1-7-17-12/h1-7H,8-9,14H2,(H,15,16). The van der Waals surface area contributed by atoms with E-state index in [9.17, 15) is 4.79 Å². The Morgan fingerprint density at radius 3 is 2.67 bits per heavy atom. The van der Waals surface area contributed by atoms with Gasteiger partial charge >= 0.3 is 6.09 Å². The van der Waals surface area contributed by atoms with Crippen molar-refractivity contribution in [2.24, 2.45) is 5.73 Å². The van der Waals surface area contributed by atoms with E-state index in [4.69, 9.17) is 14.9 Å². The number of nitrogens with two attached hydrogens (primary N) is 1. The predicted octanol–water partition coefficient (Wildman–Crippen LogP) is 2.49. The van der Waals surface area contributed by atoms with Crippen LogP contribution in [0, 0.1) is 0 Å². The van der Waals surface area contributed by atoms with Gasteiger partial charge in [0.1, 0.15) is 5.76 Å². The smallest absolute Gasteiger partial charge is 0.412 e. The van der Waals surface area contributed by atoms with E-state index >= 15 is 0 Å². The van der Waals surface area contributed by atoms with Crippen LogP contribution in [0.25, 0.3) is 0 Å². The lowest BCUT2D eigenvalue weighted by Gasteiger charge is -2.06. The second kappa shape index (κ2) is 5.88. The Bertz CT molecular complexity index is 491. The maximum atomic E-state index is 11.5. The van der Waals surface area contributed by atoms with Crippen LogP contribution in [-0.4, -0.2) is 6.09 Å². The highest BCUT2D eigenvalue weighted by Gasteiger charge is 2.04. The van der Waals surface area contributed by atoms with E-state index in [0.29, 0.717) is 18.0 Å². The number of carbonyl (C=O) groups is 1. The summed E-state index contributed by atoms with van der Waals surface area (Å²) in [5, 5.41) is 2.61. The lowest BCUT2D eigenvalue weighted by atomic mass is 10.2. The molecule has 0 aliphatic rings. The number of rotatable bonds is 4. The van der Waals surface area contributed by atoms with Crippen LogP contribution in [0.3, 0.4) is 0 Å². The Labute approximate surface area is 105 Å². The zero-order valence-electron chi connectivity index (χ0n) is 9.76. The minimum absolute atomic E-state index is 0.111. The molecule has 0 spiro atoms. The summed E-state index contributed by atoms with van der Waals surface area (Å²) in [5.74, 6) is 0.601. The summed E-state index contributed by atoms with van der Waals surface area (Å²) in [6, 6.07) is 10.7. The summed E-state index contributed by atoms with van der Waals surface area (Å²) < 4.78 is 10.0. The van der Waals surface area contributed by atoms with Crippen molar-refractivity contribution < 1.29 is 13.9 Å². The normalized spacial score (nSPS) is 10.1. The number of benzene rings is 1. The molecule has 0 aliphatic carbocycles. The molecule has 94 valence electrons. The van der Waals surface area contributed by atoms with Crippen molar-refractivity contribution in [1.82, 2.24) is 0 Å². The molecule has 1 amide bonds. The summed E-state index contributed by atoms with van der Waals surface area (Å²) >= 11 is 0. The minimum atomic E-state index is -0.521. The fourth-order valence-electron chi connectivity index (χ4n) is 1.41. The van der Waals surface area contributed by atoms with Crippen LogP contribution in [0.1, 0.15) is 11.3 Å². The molecule has 5 nitrogen and oxygen atoms in total. The molecule has 0 unspecified atom stereocenters. The number of ether oxygens (including phenoxy) is 1. The van der Waals surface area contributed by atoms with Gasteiger partial charge in [0.05, 0.1) is 6.26 Å². The molecule has 0 aliphatic heterocycles. The number of anilines is 1. The first-order valence-corrected chi connectivity index (χ1v) is 5.53. The van der Waals surface area contributed by atoms with Crippen molar-refractivity contribution >= 4 is 11.8 Å². The predicted molar refractivity (Wildman–Crippen MR) is 66.8 cm³/mol. The van der Waals surface area contributed by atoms with Gasteiger partial charge in [0, 0.05) is 12.2 Å². The van der Waals surface area contributed by atoms with E-state index < -0.39 is 6.09 Å². The summed E-state index contributed by atoms with van der Waals surface area (Å²) in [5.41, 5.74) is 7.15. The maximum absolute atomic E-state index is 11.5. The van der Waals surface area contributed by atoms with Crippen molar-refractivity contribution in [3.8, 4) is 0 Å². The number of carbonyl (C=O) groups excluding carboxylic acids is 1. The second-order valence-electron chi connectivity index (χ2n) is 3.68. The van der Waals surface area contributed by atoms with E-state index in [1.807, 2.05) is 12.1 Å². The lowest BCUT2D eigenvalue weighted by molar-refractivity contribution is 0.146. The zero-order valence-corrected chi connectivity index (χ0v) is 9.76. The van der Waals surface area contributed by atoms with Gasteiger partial charge in [-0.15, -0.1) is 0 Å². The largest absolute Gasteiger partial charge is 0.466 e. The first-order valence-electron chi connectivity index (χ1n) is 5.53. The molecule has 0 saturated carbocycles. The van der Waals surface area contributed by atoms with E-state index in [1.165, 1.54) is 6.26 Å². The molecule has 0 radical (unpaired) electrons. The molecule has 1 heterocycles. The van der Waals surface area contributed by atoms with Crippen molar-refractivity contribution in [2.45, 2.75) is 13.2 Å². The number of hydrogen-bond donors (Lipinski definition) is 2. The first-order chi connectivity index (χ1) is 8.78. The molecule has 2 aromatic rings. The Morgan fingerprint density at radius 1 is 1.28 bits per heavy atom. The Balaban J connectivity index is 1.83. The van der Waals surface area contributed by atoms with Gasteiger partial charge < -0.3 is 14.9 Å². The topological polar surface area (TPSA) is 77.5 Å². The van der Waals surface area contributed by atoms with Crippen LogP contribution in [-0.2, 0) is 17.9 Å². The Kier molecular flexibility index (Phi) is 3.98. The minimum Gasteiger partial charge on any atom is -0.466 e. The number of furan rings is 1. The third-order valence-electron chi connectivity index (χ3n) is 2.36. The van der Waals surface area contributed by atoms with Crippen molar-refractivity contribution in [2.75, 3.05) is 5.32 Å². The van der Waals surface area contributed by atoms with Gasteiger partial charge in [0.15, 0.2) is 6.61 Å².